The van der Waals surface area contributed by atoms with Crippen molar-refractivity contribution in [3.05, 3.63) is 113 Å². The van der Waals surface area contributed by atoms with Crippen LogP contribution in [0, 0.1) is 0 Å². The molecule has 0 aliphatic heterocycles. The van der Waals surface area contributed by atoms with Gasteiger partial charge in [-0.15, -0.1) is 0 Å². The average Bonchev–Trinajstić information content (AvgIpc) is 2.88. The van der Waals surface area contributed by atoms with Gasteiger partial charge in [0.15, 0.2) is 0 Å². The Bertz CT molecular complexity index is 1240. The minimum absolute atomic E-state index is 0.109. The van der Waals surface area contributed by atoms with E-state index in [4.69, 9.17) is 21.6 Å². The van der Waals surface area contributed by atoms with Crippen molar-refractivity contribution in [2.75, 3.05) is 0 Å². The Morgan fingerprint density at radius 3 is 1.97 bits per heavy atom. The van der Waals surface area contributed by atoms with Gasteiger partial charge in [0.25, 0.3) is 0 Å². The van der Waals surface area contributed by atoms with Crippen molar-refractivity contribution < 1.29 is 0 Å². The summed E-state index contributed by atoms with van der Waals surface area (Å²) in [5.74, 6) is 0. The van der Waals surface area contributed by atoms with E-state index in [-0.39, 0.29) is 7.92 Å². The van der Waals surface area contributed by atoms with Crippen molar-refractivity contribution in [1.29, 1.82) is 0 Å². The molecule has 0 radical (unpaired) electrons. The number of hydrogen-bond acceptors (Lipinski definition) is 2. The molecule has 0 atom stereocenters. The summed E-state index contributed by atoms with van der Waals surface area (Å²) in [6.07, 6.45) is 2.94. The van der Waals surface area contributed by atoms with Gasteiger partial charge in [-0.2, -0.15) is 0 Å². The van der Waals surface area contributed by atoms with Crippen LogP contribution in [-0.4, -0.2) is 22.5 Å². The summed E-state index contributed by atoms with van der Waals surface area (Å²) in [5.41, 5.74) is 4.34. The molecule has 1 aromatic heterocycles. The molecule has 1 heterocycles. The summed E-state index contributed by atoms with van der Waals surface area (Å²) in [7, 11) is -0.921. The molecule has 0 saturated heterocycles. The van der Waals surface area contributed by atoms with E-state index in [0.717, 1.165) is 33.6 Å². The first-order valence-electron chi connectivity index (χ1n) is 12.4. The van der Waals surface area contributed by atoms with Crippen molar-refractivity contribution in [1.82, 2.24) is 4.98 Å². The van der Waals surface area contributed by atoms with Crippen LogP contribution in [0.25, 0.3) is 0 Å². The third kappa shape index (κ3) is 6.89. The molecule has 2 nitrogen and oxygen atoms in total. The quantitative estimate of drug-likeness (QED) is 0.159. The van der Waals surface area contributed by atoms with Crippen LogP contribution in [0.2, 0.25) is 5.02 Å². The third-order valence-electron chi connectivity index (χ3n) is 6.04. The first kappa shape index (κ1) is 26.7. The fraction of sp³-hybridized carbons (Fsp3) is 0.226. The highest BCUT2D eigenvalue weighted by Gasteiger charge is 2.20. The Morgan fingerprint density at radius 2 is 1.39 bits per heavy atom. The number of aliphatic imine (C=N–C) groups is 1. The predicted octanol–water partition coefficient (Wildman–Crippen LogP) is 8.04. The highest BCUT2D eigenvalue weighted by atomic mass is 35.5. The second kappa shape index (κ2) is 12.7. The van der Waals surface area contributed by atoms with Gasteiger partial charge >= 0.3 is 0 Å². The van der Waals surface area contributed by atoms with Gasteiger partial charge in [-0.1, -0.05) is 114 Å². The van der Waals surface area contributed by atoms with E-state index in [1.165, 1.54) is 10.6 Å². The van der Waals surface area contributed by atoms with E-state index in [1.54, 1.807) is 0 Å². The lowest BCUT2D eigenvalue weighted by Gasteiger charge is -2.25. The van der Waals surface area contributed by atoms with E-state index < -0.39 is 7.92 Å². The summed E-state index contributed by atoms with van der Waals surface area (Å²) >= 11 is 6.52. The second-order valence-corrected chi connectivity index (χ2v) is 15.3. The monoisotopic (exact) mass is 530 g/mol. The molecule has 3 aromatic carbocycles. The molecule has 0 amide bonds. The van der Waals surface area contributed by atoms with E-state index in [0.29, 0.717) is 11.3 Å². The molecule has 0 spiro atoms. The zero-order valence-electron chi connectivity index (χ0n) is 21.3. The molecule has 0 saturated carbocycles. The van der Waals surface area contributed by atoms with E-state index in [2.05, 4.69) is 107 Å². The molecule has 0 unspecified atom stereocenters. The maximum atomic E-state index is 6.52. The number of benzene rings is 3. The molecule has 4 rings (SSSR count). The van der Waals surface area contributed by atoms with Crippen LogP contribution in [0.3, 0.4) is 0 Å². The Kier molecular flexibility index (Phi) is 9.44. The lowest BCUT2D eigenvalue weighted by molar-refractivity contribution is 0.986. The van der Waals surface area contributed by atoms with Crippen LogP contribution in [-0.2, 0) is 6.16 Å². The number of hydrogen-bond donors (Lipinski definition) is 0. The maximum absolute atomic E-state index is 6.52. The first-order chi connectivity index (χ1) is 17.4. The zero-order chi connectivity index (χ0) is 25.5. The molecule has 0 aliphatic rings. The molecule has 36 heavy (non-hydrogen) atoms. The smallest absolute Gasteiger partial charge is 0.0816 e. The Balaban J connectivity index is 1.70. The molecule has 0 bridgehead atoms. The van der Waals surface area contributed by atoms with Crippen molar-refractivity contribution in [3.8, 4) is 0 Å². The van der Waals surface area contributed by atoms with Gasteiger partial charge in [-0.3, -0.25) is 9.98 Å². The number of aromatic nitrogens is 1. The maximum Gasteiger partial charge on any atom is 0.0816 e. The molecule has 0 N–H and O–H groups in total. The summed E-state index contributed by atoms with van der Waals surface area (Å²) in [4.78, 5) is 9.90. The summed E-state index contributed by atoms with van der Waals surface area (Å²) < 4.78 is 0. The first-order valence-corrected chi connectivity index (χ1v) is 15.8. The normalized spacial score (nSPS) is 11.9. The Hall–Kier alpha value is -2.37. The van der Waals surface area contributed by atoms with E-state index >= 15 is 0 Å². The standard InChI is InChI=1S/C31H33ClN2P2/c1-23(2)35(24(3)4)22-27-13-11-12-26(34-27)21-33-30-19-18-25(32)20-31(30)36(28-14-7-5-8-15-28)29-16-9-6-10-17-29/h5-21,23-24H,22H2,1-4H3/b33-21+. The van der Waals surface area contributed by atoms with Crippen molar-refractivity contribution in [2.24, 2.45) is 4.99 Å². The summed E-state index contributed by atoms with van der Waals surface area (Å²) in [6.45, 7) is 9.32. The van der Waals surface area contributed by atoms with Gasteiger partial charge in [0.05, 0.1) is 17.6 Å². The van der Waals surface area contributed by atoms with Gasteiger partial charge < -0.3 is 0 Å². The van der Waals surface area contributed by atoms with Gasteiger partial charge in [-0.05, 0) is 60.2 Å². The van der Waals surface area contributed by atoms with Gasteiger partial charge in [-0.25, -0.2) is 0 Å². The molecule has 0 aliphatic carbocycles. The molecule has 4 aromatic rings. The van der Waals surface area contributed by atoms with E-state index in [9.17, 15) is 0 Å². The van der Waals surface area contributed by atoms with Crippen LogP contribution in [0.1, 0.15) is 39.1 Å². The fourth-order valence-electron chi connectivity index (χ4n) is 4.31. The van der Waals surface area contributed by atoms with Gasteiger partial charge in [0.2, 0.25) is 0 Å². The van der Waals surface area contributed by atoms with Crippen molar-refractivity contribution >= 4 is 55.3 Å². The number of nitrogens with zero attached hydrogens (tertiary/aromatic N) is 2. The molecule has 5 heteroatoms. The minimum atomic E-state index is -0.812. The van der Waals surface area contributed by atoms with Gasteiger partial charge in [0.1, 0.15) is 0 Å². The predicted molar refractivity (Wildman–Crippen MR) is 163 cm³/mol. The van der Waals surface area contributed by atoms with Crippen LogP contribution in [0.15, 0.2) is 102 Å². The lowest BCUT2D eigenvalue weighted by Crippen LogP contribution is -2.21. The zero-order valence-corrected chi connectivity index (χ0v) is 23.9. The second-order valence-electron chi connectivity index (χ2n) is 9.31. The van der Waals surface area contributed by atoms with Crippen LogP contribution in [0.4, 0.5) is 5.69 Å². The average molecular weight is 531 g/mol. The van der Waals surface area contributed by atoms with Crippen LogP contribution < -0.4 is 15.9 Å². The van der Waals surface area contributed by atoms with Crippen LogP contribution >= 0.6 is 27.4 Å². The summed E-state index contributed by atoms with van der Waals surface area (Å²) in [5, 5.41) is 4.41. The number of rotatable bonds is 9. The molecule has 184 valence electrons. The largest absolute Gasteiger partial charge is 0.254 e. The highest BCUT2D eigenvalue weighted by Crippen LogP contribution is 2.48. The van der Waals surface area contributed by atoms with E-state index in [1.807, 2.05) is 24.4 Å². The Labute approximate surface area is 223 Å². The molecular weight excluding hydrogens is 498 g/mol. The highest BCUT2D eigenvalue weighted by molar-refractivity contribution is 7.80. The SMILES string of the molecule is CC(C)P(Cc1cccc(/C=N/c2ccc(Cl)cc2P(c2ccccc2)c2ccccc2)n1)C(C)C. The van der Waals surface area contributed by atoms with Crippen LogP contribution in [0.5, 0.6) is 0 Å². The minimum Gasteiger partial charge on any atom is -0.254 e. The Morgan fingerprint density at radius 1 is 0.778 bits per heavy atom. The molecule has 0 fully saturated rings. The lowest BCUT2D eigenvalue weighted by atomic mass is 10.3. The number of pyridine rings is 1. The topological polar surface area (TPSA) is 25.2 Å². The number of halogens is 1. The fourth-order valence-corrected chi connectivity index (χ4v) is 9.45. The van der Waals surface area contributed by atoms with Gasteiger partial charge in [0, 0.05) is 22.2 Å². The van der Waals surface area contributed by atoms with Crippen molar-refractivity contribution in [3.63, 3.8) is 0 Å². The third-order valence-corrected chi connectivity index (χ3v) is 12.1. The molecular formula is C31H33ClN2P2. The summed E-state index contributed by atoms with van der Waals surface area (Å²) in [6, 6.07) is 33.6. The van der Waals surface area contributed by atoms with Crippen molar-refractivity contribution in [2.45, 2.75) is 45.2 Å².